The van der Waals surface area contributed by atoms with Gasteiger partial charge >= 0.3 is 12.0 Å². The molecule has 206 valence electrons. The number of nitrogens with zero attached hydrogens (tertiary/aromatic N) is 1. The standard InChI is InChI=1S/C26H45N3O6S/c1-23(2,3)19(20(30)29-14-16-17(25(16,7)8)18(29)21(31)32)27-22(33)28-26(12-10-9-11-13-26)15-36(34,35)24(4,5)6/h16-19H,9-15H2,1-8H3,(H,31,32)(H2,27,28,33)/t16?,17?,18-,19+/m0/s1. The number of aliphatic carboxylic acids is 1. The maximum Gasteiger partial charge on any atom is 0.326 e. The topological polar surface area (TPSA) is 133 Å². The summed E-state index contributed by atoms with van der Waals surface area (Å²) in [4.78, 5) is 40.5. The van der Waals surface area contributed by atoms with Gasteiger partial charge in [-0.15, -0.1) is 0 Å². The fraction of sp³-hybridized carbons (Fsp3) is 0.885. The zero-order valence-corrected chi connectivity index (χ0v) is 23.9. The predicted molar refractivity (Wildman–Crippen MR) is 138 cm³/mol. The molecule has 0 spiro atoms. The van der Waals surface area contributed by atoms with Gasteiger partial charge in [0, 0.05) is 12.5 Å². The van der Waals surface area contributed by atoms with Crippen molar-refractivity contribution < 1.29 is 27.9 Å². The average Bonchev–Trinajstić information content (AvgIpc) is 3.06. The lowest BCUT2D eigenvalue weighted by atomic mass is 9.83. The molecule has 1 heterocycles. The molecule has 3 fully saturated rings. The van der Waals surface area contributed by atoms with Gasteiger partial charge in [0.2, 0.25) is 5.91 Å². The largest absolute Gasteiger partial charge is 0.480 e. The molecule has 0 bridgehead atoms. The molecule has 0 aromatic heterocycles. The van der Waals surface area contributed by atoms with E-state index >= 15 is 0 Å². The van der Waals surface area contributed by atoms with E-state index in [1.54, 1.807) is 20.8 Å². The smallest absolute Gasteiger partial charge is 0.326 e. The molecule has 2 saturated carbocycles. The molecule has 3 N–H and O–H groups in total. The third kappa shape index (κ3) is 5.38. The Morgan fingerprint density at radius 3 is 2.06 bits per heavy atom. The second-order valence-electron chi connectivity index (χ2n) is 13.8. The minimum atomic E-state index is -3.50. The Morgan fingerprint density at radius 2 is 1.58 bits per heavy atom. The number of carbonyl (C=O) groups excluding carboxylic acids is 2. The number of hydrogen-bond donors (Lipinski definition) is 3. The van der Waals surface area contributed by atoms with Gasteiger partial charge in [-0.1, -0.05) is 53.9 Å². The van der Waals surface area contributed by atoms with Crippen molar-refractivity contribution in [2.45, 2.75) is 110 Å². The number of fused-ring (bicyclic) bond motifs is 1. The summed E-state index contributed by atoms with van der Waals surface area (Å²) in [7, 11) is -3.50. The van der Waals surface area contributed by atoms with Crippen LogP contribution in [0.1, 0.15) is 87.5 Å². The molecular weight excluding hydrogens is 482 g/mol. The second kappa shape index (κ2) is 9.17. The third-order valence-electron chi connectivity index (χ3n) is 8.72. The summed E-state index contributed by atoms with van der Waals surface area (Å²) in [6.07, 6.45) is 3.71. The van der Waals surface area contributed by atoms with Crippen molar-refractivity contribution in [2.75, 3.05) is 12.3 Å². The number of sulfone groups is 1. The number of piperidine rings is 1. The van der Waals surface area contributed by atoms with Crippen LogP contribution in [0.25, 0.3) is 0 Å². The highest BCUT2D eigenvalue weighted by atomic mass is 32.2. The lowest BCUT2D eigenvalue weighted by Gasteiger charge is -2.41. The van der Waals surface area contributed by atoms with Gasteiger partial charge in [0.1, 0.15) is 12.1 Å². The Bertz CT molecular complexity index is 1000. The van der Waals surface area contributed by atoms with E-state index in [9.17, 15) is 27.9 Å². The first-order valence-electron chi connectivity index (χ1n) is 13.1. The van der Waals surface area contributed by atoms with Gasteiger partial charge in [-0.3, -0.25) is 4.79 Å². The van der Waals surface area contributed by atoms with Crippen molar-refractivity contribution in [1.29, 1.82) is 0 Å². The van der Waals surface area contributed by atoms with Gasteiger partial charge in [-0.2, -0.15) is 0 Å². The molecular formula is C26H45N3O6S. The van der Waals surface area contributed by atoms with Crippen LogP contribution in [0.5, 0.6) is 0 Å². The Labute approximate surface area is 216 Å². The number of rotatable bonds is 6. The van der Waals surface area contributed by atoms with Crippen LogP contribution in [-0.2, 0) is 19.4 Å². The van der Waals surface area contributed by atoms with Gasteiger partial charge in [0.25, 0.3) is 0 Å². The third-order valence-corrected chi connectivity index (χ3v) is 11.5. The molecule has 9 nitrogen and oxygen atoms in total. The first kappa shape index (κ1) is 28.7. The van der Waals surface area contributed by atoms with Crippen LogP contribution in [0.3, 0.4) is 0 Å². The monoisotopic (exact) mass is 527 g/mol. The quantitative estimate of drug-likeness (QED) is 0.486. The van der Waals surface area contributed by atoms with Crippen molar-refractivity contribution in [3.05, 3.63) is 0 Å². The number of carboxylic acid groups (broad SMARTS) is 1. The van der Waals surface area contributed by atoms with E-state index in [0.717, 1.165) is 19.3 Å². The van der Waals surface area contributed by atoms with Gasteiger partial charge in [-0.05, 0) is 50.4 Å². The first-order valence-corrected chi connectivity index (χ1v) is 14.7. The molecule has 3 amide bonds. The predicted octanol–water partition coefficient (Wildman–Crippen LogP) is 3.18. The molecule has 1 saturated heterocycles. The van der Waals surface area contributed by atoms with Crippen LogP contribution >= 0.6 is 0 Å². The van der Waals surface area contributed by atoms with Crippen LogP contribution in [0, 0.1) is 22.7 Å². The van der Waals surface area contributed by atoms with Crippen molar-refractivity contribution >= 4 is 27.7 Å². The average molecular weight is 528 g/mol. The Balaban J connectivity index is 1.80. The summed E-state index contributed by atoms with van der Waals surface area (Å²) in [5.74, 6) is -1.55. The van der Waals surface area contributed by atoms with Crippen LogP contribution < -0.4 is 10.6 Å². The van der Waals surface area contributed by atoms with Crippen molar-refractivity contribution in [3.63, 3.8) is 0 Å². The molecule has 2 unspecified atom stereocenters. The molecule has 4 atom stereocenters. The first-order chi connectivity index (χ1) is 16.2. The summed E-state index contributed by atoms with van der Waals surface area (Å²) in [6, 6.07) is -2.46. The van der Waals surface area contributed by atoms with Crippen molar-refractivity contribution in [1.82, 2.24) is 15.5 Å². The van der Waals surface area contributed by atoms with Crippen LogP contribution in [-0.4, -0.2) is 71.0 Å². The Hall–Kier alpha value is -1.84. The lowest BCUT2D eigenvalue weighted by molar-refractivity contribution is -0.152. The fourth-order valence-electron chi connectivity index (χ4n) is 6.13. The number of urea groups is 1. The maximum absolute atomic E-state index is 13.7. The lowest BCUT2D eigenvalue weighted by Crippen LogP contribution is -2.63. The van der Waals surface area contributed by atoms with Crippen molar-refractivity contribution in [3.8, 4) is 0 Å². The highest BCUT2D eigenvalue weighted by Crippen LogP contribution is 2.65. The molecule has 0 aromatic rings. The summed E-state index contributed by atoms with van der Waals surface area (Å²) in [5.41, 5.74) is -1.70. The number of carboxylic acids is 1. The van der Waals surface area contributed by atoms with Crippen LogP contribution in [0.4, 0.5) is 4.79 Å². The molecule has 3 rings (SSSR count). The molecule has 1 aliphatic heterocycles. The van der Waals surface area contributed by atoms with Gasteiger partial charge in [0.05, 0.1) is 16.0 Å². The van der Waals surface area contributed by atoms with Gasteiger partial charge < -0.3 is 20.6 Å². The normalized spacial score (nSPS) is 28.1. The highest BCUT2D eigenvalue weighted by molar-refractivity contribution is 7.92. The van der Waals surface area contributed by atoms with E-state index in [2.05, 4.69) is 10.6 Å². The minimum absolute atomic E-state index is 0.0958. The minimum Gasteiger partial charge on any atom is -0.480 e. The molecule has 3 aliphatic rings. The number of likely N-dealkylation sites (tertiary alicyclic amines) is 1. The Kier molecular flexibility index (Phi) is 7.32. The number of nitrogens with one attached hydrogen (secondary N) is 2. The van der Waals surface area contributed by atoms with E-state index < -0.39 is 55.5 Å². The Morgan fingerprint density at radius 1 is 1.03 bits per heavy atom. The number of hydrogen-bond acceptors (Lipinski definition) is 5. The van der Waals surface area contributed by atoms with Crippen LogP contribution in [0.2, 0.25) is 0 Å². The zero-order chi connectivity index (χ0) is 27.5. The molecule has 0 aromatic carbocycles. The van der Waals surface area contributed by atoms with E-state index in [-0.39, 0.29) is 23.0 Å². The number of carbonyl (C=O) groups is 3. The van der Waals surface area contributed by atoms with E-state index in [0.29, 0.717) is 19.4 Å². The van der Waals surface area contributed by atoms with E-state index in [4.69, 9.17) is 0 Å². The van der Waals surface area contributed by atoms with Gasteiger partial charge in [0.15, 0.2) is 9.84 Å². The van der Waals surface area contributed by atoms with Crippen molar-refractivity contribution in [2.24, 2.45) is 22.7 Å². The SMILES string of the molecule is CC1(C)C2CN(C(=O)[C@@H](NC(=O)NC3(CS(=O)(=O)C(C)(C)C)CCCCC3)C(C)(C)C)[C@H](C(=O)O)C21. The van der Waals surface area contributed by atoms with E-state index in [1.807, 2.05) is 34.6 Å². The molecule has 36 heavy (non-hydrogen) atoms. The summed E-state index contributed by atoms with van der Waals surface area (Å²) >= 11 is 0. The zero-order valence-electron chi connectivity index (χ0n) is 23.1. The molecule has 2 aliphatic carbocycles. The molecule has 0 radical (unpaired) electrons. The second-order valence-corrected chi connectivity index (χ2v) is 16.6. The maximum atomic E-state index is 13.7. The summed E-state index contributed by atoms with van der Waals surface area (Å²) < 4.78 is 25.2. The summed E-state index contributed by atoms with van der Waals surface area (Å²) in [6.45, 7) is 14.9. The molecule has 10 heteroatoms. The highest BCUT2D eigenvalue weighted by Gasteiger charge is 2.70. The van der Waals surface area contributed by atoms with Crippen LogP contribution in [0.15, 0.2) is 0 Å². The summed E-state index contributed by atoms with van der Waals surface area (Å²) in [5, 5.41) is 15.7. The number of amides is 3. The fourth-order valence-corrected chi connectivity index (χ4v) is 7.65. The van der Waals surface area contributed by atoms with Gasteiger partial charge in [-0.25, -0.2) is 18.0 Å². The van der Waals surface area contributed by atoms with E-state index in [1.165, 1.54) is 4.90 Å².